The van der Waals surface area contributed by atoms with Crippen molar-refractivity contribution in [2.24, 2.45) is 5.14 Å². The number of carbonyl (C=O) groups is 1. The average Bonchev–Trinajstić information content (AvgIpc) is 3.09. The van der Waals surface area contributed by atoms with Crippen LogP contribution >= 0.6 is 0 Å². The van der Waals surface area contributed by atoms with Crippen molar-refractivity contribution < 1.29 is 17.9 Å². The maximum atomic E-state index is 12.0. The molecule has 1 heterocycles. The topological polar surface area (TPSA) is 111 Å². The summed E-state index contributed by atoms with van der Waals surface area (Å²) in [5.74, 6) is 1.04. The van der Waals surface area contributed by atoms with E-state index in [0.717, 1.165) is 19.4 Å². The van der Waals surface area contributed by atoms with E-state index in [9.17, 15) is 13.2 Å². The second-order valence-corrected chi connectivity index (χ2v) is 7.75. The highest BCUT2D eigenvalue weighted by Gasteiger charge is 2.17. The normalized spacial score (nSPS) is 17.0. The van der Waals surface area contributed by atoms with Gasteiger partial charge in [-0.15, -0.1) is 0 Å². The third-order valence-electron chi connectivity index (χ3n) is 4.12. The fraction of sp³-hybridized carbons (Fsp3) is 0.278. The summed E-state index contributed by atoms with van der Waals surface area (Å²) < 4.78 is 28.1. The van der Waals surface area contributed by atoms with Gasteiger partial charge in [0.05, 0.1) is 4.90 Å². The van der Waals surface area contributed by atoms with Crippen molar-refractivity contribution in [1.29, 1.82) is 0 Å². The van der Waals surface area contributed by atoms with Crippen molar-refractivity contribution in [3.63, 3.8) is 0 Å². The maximum Gasteiger partial charge on any atom is 0.238 e. The summed E-state index contributed by atoms with van der Waals surface area (Å²) >= 11 is 0. The molecule has 2 aromatic carbocycles. The van der Waals surface area contributed by atoms with Gasteiger partial charge in [0, 0.05) is 18.2 Å². The molecule has 26 heavy (non-hydrogen) atoms. The molecule has 1 amide bonds. The van der Waals surface area contributed by atoms with E-state index in [-0.39, 0.29) is 16.8 Å². The molecule has 0 spiro atoms. The Labute approximate surface area is 152 Å². The molecule has 0 bridgehead atoms. The van der Waals surface area contributed by atoms with Crippen LogP contribution in [0.15, 0.2) is 53.4 Å². The zero-order chi connectivity index (χ0) is 18.6. The first kappa shape index (κ1) is 18.4. The number of anilines is 1. The van der Waals surface area contributed by atoms with Gasteiger partial charge in [0.15, 0.2) is 0 Å². The molecule has 4 N–H and O–H groups in total. The van der Waals surface area contributed by atoms with Gasteiger partial charge < -0.3 is 15.4 Å². The van der Waals surface area contributed by atoms with Crippen molar-refractivity contribution in [1.82, 2.24) is 5.32 Å². The second-order valence-electron chi connectivity index (χ2n) is 6.19. The largest absolute Gasteiger partial charge is 0.457 e. The van der Waals surface area contributed by atoms with E-state index in [4.69, 9.17) is 9.88 Å². The third kappa shape index (κ3) is 5.04. The van der Waals surface area contributed by atoms with E-state index in [1.165, 1.54) is 24.3 Å². The number of nitrogens with two attached hydrogens (primary N) is 1. The number of amides is 1. The van der Waals surface area contributed by atoms with E-state index in [2.05, 4.69) is 10.6 Å². The number of sulfonamides is 1. The van der Waals surface area contributed by atoms with E-state index < -0.39 is 10.0 Å². The molecule has 0 aromatic heterocycles. The molecular formula is C18H21N3O4S. The van der Waals surface area contributed by atoms with Gasteiger partial charge >= 0.3 is 0 Å². The molecule has 1 aliphatic heterocycles. The molecule has 0 saturated carbocycles. The van der Waals surface area contributed by atoms with Gasteiger partial charge in [-0.1, -0.05) is 0 Å². The van der Waals surface area contributed by atoms with Gasteiger partial charge in [-0.2, -0.15) is 0 Å². The van der Waals surface area contributed by atoms with Gasteiger partial charge in [-0.05, 0) is 67.9 Å². The number of nitrogens with one attached hydrogen (secondary N) is 2. The Balaban J connectivity index is 1.56. The molecule has 1 aliphatic rings. The molecular weight excluding hydrogens is 354 g/mol. The number of hydrogen-bond acceptors (Lipinski definition) is 5. The van der Waals surface area contributed by atoms with Gasteiger partial charge in [0.2, 0.25) is 15.9 Å². The third-order valence-corrected chi connectivity index (χ3v) is 5.05. The van der Waals surface area contributed by atoms with E-state index in [1.807, 2.05) is 0 Å². The lowest BCUT2D eigenvalue weighted by atomic mass is 10.1. The smallest absolute Gasteiger partial charge is 0.238 e. The monoisotopic (exact) mass is 375 g/mol. The molecule has 1 saturated heterocycles. The standard InChI is InChI=1S/C18H21N3O4S/c19-26(23,24)17-9-7-16(8-10-17)25-15-5-3-13(4-6-15)21-18(22)12-14-2-1-11-20-14/h3-10,14,20H,1-2,11-12H2,(H,21,22)(H2,19,23,24). The van der Waals surface area contributed by atoms with Crippen LogP contribution in [0.5, 0.6) is 11.5 Å². The summed E-state index contributed by atoms with van der Waals surface area (Å²) in [5.41, 5.74) is 0.699. The first-order valence-corrected chi connectivity index (χ1v) is 9.89. The number of benzene rings is 2. The van der Waals surface area contributed by atoms with Crippen LogP contribution in [0.1, 0.15) is 19.3 Å². The van der Waals surface area contributed by atoms with Crippen molar-refractivity contribution in [2.45, 2.75) is 30.2 Å². The molecule has 138 valence electrons. The lowest BCUT2D eigenvalue weighted by Crippen LogP contribution is -2.27. The minimum Gasteiger partial charge on any atom is -0.457 e. The molecule has 7 nitrogen and oxygen atoms in total. The molecule has 0 radical (unpaired) electrons. The molecule has 2 aromatic rings. The highest BCUT2D eigenvalue weighted by atomic mass is 32.2. The predicted octanol–water partition coefficient (Wildman–Crippen LogP) is 2.21. The number of primary sulfonamides is 1. The number of ether oxygens (including phenoxy) is 1. The summed E-state index contributed by atoms with van der Waals surface area (Å²) in [5, 5.41) is 11.2. The first-order valence-electron chi connectivity index (χ1n) is 8.34. The van der Waals surface area contributed by atoms with Gasteiger partial charge in [0.25, 0.3) is 0 Å². The Hall–Kier alpha value is -2.42. The highest BCUT2D eigenvalue weighted by molar-refractivity contribution is 7.89. The number of carbonyl (C=O) groups excluding carboxylic acids is 1. The minimum atomic E-state index is -3.72. The quantitative estimate of drug-likeness (QED) is 0.717. The highest BCUT2D eigenvalue weighted by Crippen LogP contribution is 2.24. The fourth-order valence-corrected chi connectivity index (χ4v) is 3.32. The molecule has 1 atom stereocenters. The molecule has 1 unspecified atom stereocenters. The summed E-state index contributed by atoms with van der Waals surface area (Å²) in [6.07, 6.45) is 2.61. The lowest BCUT2D eigenvalue weighted by molar-refractivity contribution is -0.116. The summed E-state index contributed by atoms with van der Waals surface area (Å²) in [6, 6.07) is 13.1. The van der Waals surface area contributed by atoms with Crippen LogP contribution in [0, 0.1) is 0 Å². The Kier molecular flexibility index (Phi) is 5.55. The van der Waals surface area contributed by atoms with Crippen LogP contribution in [0.25, 0.3) is 0 Å². The minimum absolute atomic E-state index is 0.0170. The molecule has 3 rings (SSSR count). The Morgan fingerprint density at radius 3 is 2.27 bits per heavy atom. The van der Waals surface area contributed by atoms with Crippen LogP contribution in [0.2, 0.25) is 0 Å². The van der Waals surface area contributed by atoms with Crippen molar-refractivity contribution >= 4 is 21.6 Å². The second kappa shape index (κ2) is 7.86. The van der Waals surface area contributed by atoms with Crippen LogP contribution in [0.3, 0.4) is 0 Å². The maximum absolute atomic E-state index is 12.0. The van der Waals surface area contributed by atoms with Crippen LogP contribution in [-0.2, 0) is 14.8 Å². The van der Waals surface area contributed by atoms with E-state index in [0.29, 0.717) is 23.6 Å². The van der Waals surface area contributed by atoms with Gasteiger partial charge in [0.1, 0.15) is 11.5 Å². The van der Waals surface area contributed by atoms with Crippen LogP contribution in [-0.4, -0.2) is 26.9 Å². The first-order chi connectivity index (χ1) is 12.4. The number of rotatable bonds is 6. The van der Waals surface area contributed by atoms with Crippen LogP contribution < -0.4 is 20.5 Å². The Morgan fingerprint density at radius 2 is 1.73 bits per heavy atom. The van der Waals surface area contributed by atoms with Crippen molar-refractivity contribution in [3.8, 4) is 11.5 Å². The van der Waals surface area contributed by atoms with Crippen molar-refractivity contribution in [3.05, 3.63) is 48.5 Å². The SMILES string of the molecule is NS(=O)(=O)c1ccc(Oc2ccc(NC(=O)CC3CCCN3)cc2)cc1. The van der Waals surface area contributed by atoms with Gasteiger partial charge in [-0.25, -0.2) is 13.6 Å². The summed E-state index contributed by atoms with van der Waals surface area (Å²) in [6.45, 7) is 0.974. The van der Waals surface area contributed by atoms with Crippen LogP contribution in [0.4, 0.5) is 5.69 Å². The Morgan fingerprint density at radius 1 is 1.12 bits per heavy atom. The van der Waals surface area contributed by atoms with Gasteiger partial charge in [-0.3, -0.25) is 4.79 Å². The van der Waals surface area contributed by atoms with Crippen molar-refractivity contribution in [2.75, 3.05) is 11.9 Å². The number of hydrogen-bond donors (Lipinski definition) is 3. The van der Waals surface area contributed by atoms with E-state index in [1.54, 1.807) is 24.3 Å². The zero-order valence-corrected chi connectivity index (χ0v) is 15.0. The predicted molar refractivity (Wildman–Crippen MR) is 98.6 cm³/mol. The fourth-order valence-electron chi connectivity index (χ4n) is 2.81. The zero-order valence-electron chi connectivity index (χ0n) is 14.1. The molecule has 1 fully saturated rings. The lowest BCUT2D eigenvalue weighted by Gasteiger charge is -2.11. The summed E-state index contributed by atoms with van der Waals surface area (Å²) in [7, 11) is -3.72. The molecule has 8 heteroatoms. The Bertz CT molecular complexity index is 858. The molecule has 0 aliphatic carbocycles. The van der Waals surface area contributed by atoms with E-state index >= 15 is 0 Å². The average molecular weight is 375 g/mol. The summed E-state index contributed by atoms with van der Waals surface area (Å²) in [4.78, 5) is 12.0.